The van der Waals surface area contributed by atoms with E-state index in [1.807, 2.05) is 19.1 Å². The first kappa shape index (κ1) is 17.9. The van der Waals surface area contributed by atoms with Gasteiger partial charge in [-0.1, -0.05) is 26.0 Å². The summed E-state index contributed by atoms with van der Waals surface area (Å²) in [6.45, 7) is 7.07. The van der Waals surface area contributed by atoms with Gasteiger partial charge in [0.2, 0.25) is 10.0 Å². The number of nitrogens with one attached hydrogen (secondary N) is 1. The normalized spacial score (nSPS) is 21.8. The van der Waals surface area contributed by atoms with Gasteiger partial charge in [-0.05, 0) is 65.6 Å². The maximum absolute atomic E-state index is 13.2. The van der Waals surface area contributed by atoms with Gasteiger partial charge in [0.25, 0.3) is 0 Å². The smallest absolute Gasteiger partial charge is 0.238 e. The van der Waals surface area contributed by atoms with E-state index in [1.165, 1.54) is 12.1 Å². The molecule has 0 saturated heterocycles. The summed E-state index contributed by atoms with van der Waals surface area (Å²) in [7, 11) is -3.66. The van der Waals surface area contributed by atoms with Crippen molar-refractivity contribution in [3.8, 4) is 0 Å². The van der Waals surface area contributed by atoms with Crippen LogP contribution in [-0.4, -0.2) is 15.0 Å². The third-order valence-corrected chi connectivity index (χ3v) is 6.25. The third-order valence-electron chi connectivity index (χ3n) is 5.32. The van der Waals surface area contributed by atoms with Crippen LogP contribution in [0, 0.1) is 24.1 Å². The lowest BCUT2D eigenvalue weighted by molar-refractivity contribution is 0.565. The lowest BCUT2D eigenvalue weighted by Crippen LogP contribution is -2.11. The van der Waals surface area contributed by atoms with Crippen LogP contribution in [0.25, 0.3) is 0 Å². The quantitative estimate of drug-likeness (QED) is 0.853. The second kappa shape index (κ2) is 6.11. The van der Waals surface area contributed by atoms with Gasteiger partial charge in [-0.25, -0.2) is 17.9 Å². The molecule has 0 heterocycles. The summed E-state index contributed by atoms with van der Waals surface area (Å²) in [5.74, 6) is 0.523. The van der Waals surface area contributed by atoms with Gasteiger partial charge in [0.15, 0.2) is 0 Å². The zero-order valence-electron chi connectivity index (χ0n) is 14.6. The minimum Gasteiger partial charge on any atom is -0.385 e. The molecular weight excluding hydrogens is 339 g/mol. The molecule has 0 spiro atoms. The summed E-state index contributed by atoms with van der Waals surface area (Å²) in [6.07, 6.45) is 0. The molecule has 3 N–H and O–H groups in total. The highest BCUT2D eigenvalue weighted by Gasteiger charge is 2.57. The average Bonchev–Trinajstić information content (AvgIpc) is 3.06. The van der Waals surface area contributed by atoms with Crippen LogP contribution in [0.4, 0.5) is 10.1 Å². The molecular formula is C19H23FN2O2S. The van der Waals surface area contributed by atoms with Gasteiger partial charge in [-0.3, -0.25) is 0 Å². The maximum Gasteiger partial charge on any atom is 0.238 e. The highest BCUT2D eigenvalue weighted by atomic mass is 32.2. The molecule has 0 aromatic heterocycles. The molecule has 25 heavy (non-hydrogen) atoms. The Kier molecular flexibility index (Phi) is 4.37. The van der Waals surface area contributed by atoms with Crippen molar-refractivity contribution in [1.29, 1.82) is 0 Å². The van der Waals surface area contributed by atoms with Gasteiger partial charge >= 0.3 is 0 Å². The first-order valence-corrected chi connectivity index (χ1v) is 9.78. The predicted molar refractivity (Wildman–Crippen MR) is 97.5 cm³/mol. The molecule has 1 saturated carbocycles. The Balaban J connectivity index is 1.71. The van der Waals surface area contributed by atoms with Gasteiger partial charge in [-0.2, -0.15) is 0 Å². The summed E-state index contributed by atoms with van der Waals surface area (Å²) in [5.41, 5.74) is 3.05. The fourth-order valence-corrected chi connectivity index (χ4v) is 4.21. The molecule has 0 bridgehead atoms. The highest BCUT2D eigenvalue weighted by Crippen LogP contribution is 2.64. The van der Waals surface area contributed by atoms with Crippen molar-refractivity contribution in [1.82, 2.24) is 0 Å². The second-order valence-electron chi connectivity index (χ2n) is 7.36. The minimum absolute atomic E-state index is 0.115. The fourth-order valence-electron chi connectivity index (χ4n) is 3.70. The van der Waals surface area contributed by atoms with E-state index in [0.717, 1.165) is 23.4 Å². The van der Waals surface area contributed by atoms with Crippen molar-refractivity contribution in [2.24, 2.45) is 16.5 Å². The average molecular weight is 362 g/mol. The third kappa shape index (κ3) is 3.55. The van der Waals surface area contributed by atoms with E-state index in [-0.39, 0.29) is 16.1 Å². The lowest BCUT2D eigenvalue weighted by atomic mass is 10.0. The van der Waals surface area contributed by atoms with E-state index >= 15 is 0 Å². The maximum atomic E-state index is 13.2. The number of sulfonamides is 1. The predicted octanol–water partition coefficient (Wildman–Crippen LogP) is 3.63. The van der Waals surface area contributed by atoms with Crippen molar-refractivity contribution >= 4 is 15.7 Å². The van der Waals surface area contributed by atoms with E-state index in [2.05, 4.69) is 19.2 Å². The van der Waals surface area contributed by atoms with Crippen molar-refractivity contribution < 1.29 is 12.8 Å². The molecule has 1 aliphatic carbocycles. The zero-order chi connectivity index (χ0) is 18.4. The van der Waals surface area contributed by atoms with Gasteiger partial charge in [-0.15, -0.1) is 0 Å². The highest BCUT2D eigenvalue weighted by molar-refractivity contribution is 7.89. The SMILES string of the molecule is Cc1cc(F)ccc1NCC1C(c2ccc(S(N)(=O)=O)cc2)C1(C)C. The summed E-state index contributed by atoms with van der Waals surface area (Å²) in [6, 6.07) is 11.5. The Morgan fingerprint density at radius 1 is 1.16 bits per heavy atom. The largest absolute Gasteiger partial charge is 0.385 e. The van der Waals surface area contributed by atoms with Crippen LogP contribution in [0.1, 0.15) is 30.9 Å². The van der Waals surface area contributed by atoms with Gasteiger partial charge < -0.3 is 5.32 Å². The van der Waals surface area contributed by atoms with Crippen LogP contribution in [0.3, 0.4) is 0 Å². The van der Waals surface area contributed by atoms with E-state index in [4.69, 9.17) is 5.14 Å². The van der Waals surface area contributed by atoms with Crippen LogP contribution in [0.15, 0.2) is 47.4 Å². The summed E-state index contributed by atoms with van der Waals surface area (Å²) < 4.78 is 36.0. The molecule has 2 unspecified atom stereocenters. The lowest BCUT2D eigenvalue weighted by Gasteiger charge is -2.10. The summed E-state index contributed by atoms with van der Waals surface area (Å²) in [5, 5.41) is 8.56. The number of primary sulfonamides is 1. The molecule has 1 aliphatic rings. The van der Waals surface area contributed by atoms with Gasteiger partial charge in [0.05, 0.1) is 4.90 Å². The molecule has 2 atom stereocenters. The topological polar surface area (TPSA) is 72.2 Å². The van der Waals surface area contributed by atoms with Crippen LogP contribution >= 0.6 is 0 Å². The van der Waals surface area contributed by atoms with E-state index in [9.17, 15) is 12.8 Å². The molecule has 1 fully saturated rings. The number of nitrogens with two attached hydrogens (primary N) is 1. The van der Waals surface area contributed by atoms with E-state index in [1.54, 1.807) is 18.2 Å². The number of anilines is 1. The molecule has 0 radical (unpaired) electrons. The number of hydrogen-bond donors (Lipinski definition) is 2. The van der Waals surface area contributed by atoms with Gasteiger partial charge in [0.1, 0.15) is 5.82 Å². The molecule has 0 aliphatic heterocycles. The Morgan fingerprint density at radius 2 is 1.80 bits per heavy atom. The number of benzene rings is 2. The van der Waals surface area contributed by atoms with Crippen molar-refractivity contribution in [3.05, 3.63) is 59.4 Å². The van der Waals surface area contributed by atoms with Crippen molar-refractivity contribution in [3.63, 3.8) is 0 Å². The number of halogens is 1. The molecule has 2 aromatic rings. The molecule has 3 rings (SSSR count). The summed E-state index contributed by atoms with van der Waals surface area (Å²) in [4.78, 5) is 0.131. The first-order chi connectivity index (χ1) is 11.6. The molecule has 2 aromatic carbocycles. The van der Waals surface area contributed by atoms with E-state index < -0.39 is 10.0 Å². The number of aryl methyl sites for hydroxylation is 1. The Morgan fingerprint density at radius 3 is 2.36 bits per heavy atom. The fraction of sp³-hybridized carbons (Fsp3) is 0.368. The Bertz CT molecular complexity index is 892. The summed E-state index contributed by atoms with van der Waals surface area (Å²) >= 11 is 0. The van der Waals surface area contributed by atoms with Crippen LogP contribution in [0.5, 0.6) is 0 Å². The van der Waals surface area contributed by atoms with E-state index in [0.29, 0.717) is 11.8 Å². The first-order valence-electron chi connectivity index (χ1n) is 8.23. The van der Waals surface area contributed by atoms with Crippen LogP contribution < -0.4 is 10.5 Å². The standard InChI is InChI=1S/C19H23FN2O2S/c1-12-10-14(20)6-9-17(12)22-11-16-18(19(16,2)3)13-4-7-15(8-5-13)25(21,23)24/h4-10,16,18,22H,11H2,1-3H3,(H2,21,23,24). The van der Waals surface area contributed by atoms with Crippen LogP contribution in [0.2, 0.25) is 0 Å². The second-order valence-corrected chi connectivity index (χ2v) is 8.92. The van der Waals surface area contributed by atoms with Crippen molar-refractivity contribution in [2.45, 2.75) is 31.6 Å². The number of hydrogen-bond acceptors (Lipinski definition) is 3. The Labute approximate surface area is 148 Å². The van der Waals surface area contributed by atoms with Crippen molar-refractivity contribution in [2.75, 3.05) is 11.9 Å². The van der Waals surface area contributed by atoms with Crippen LogP contribution in [-0.2, 0) is 10.0 Å². The molecule has 6 heteroatoms. The molecule has 4 nitrogen and oxygen atoms in total. The monoisotopic (exact) mass is 362 g/mol. The molecule has 0 amide bonds. The zero-order valence-corrected chi connectivity index (χ0v) is 15.4. The number of rotatable bonds is 5. The van der Waals surface area contributed by atoms with Gasteiger partial charge in [0, 0.05) is 12.2 Å². The molecule has 134 valence electrons. The Hall–Kier alpha value is -1.92. The minimum atomic E-state index is -3.66.